The first kappa shape index (κ1) is 31.5. The quantitative estimate of drug-likeness (QED) is 0.0875. The molecule has 5 heteroatoms. The zero-order valence-electron chi connectivity index (χ0n) is 24.4. The van der Waals surface area contributed by atoms with Gasteiger partial charge in [-0.15, -0.1) is 0 Å². The van der Waals surface area contributed by atoms with E-state index in [1.165, 1.54) is 51.4 Å². The second kappa shape index (κ2) is 17.7. The third kappa shape index (κ3) is 10.9. The molecule has 0 amide bonds. The molecule has 216 valence electrons. The average molecular weight is 565 g/mol. The van der Waals surface area contributed by atoms with Gasteiger partial charge >= 0.3 is 5.97 Å². The molecule has 3 aromatic rings. The predicted octanol–water partition coefficient (Wildman–Crippen LogP) is 10.7. The Morgan fingerprint density at radius 1 is 0.725 bits per heavy atom. The van der Waals surface area contributed by atoms with Crippen LogP contribution >= 0.6 is 11.6 Å². The van der Waals surface area contributed by atoms with Crippen LogP contribution in [-0.2, 0) is 0 Å². The first-order valence-electron chi connectivity index (χ1n) is 15.0. The fourth-order valence-electron chi connectivity index (χ4n) is 4.56. The Balaban J connectivity index is 1.47. The van der Waals surface area contributed by atoms with Gasteiger partial charge in [-0.1, -0.05) is 101 Å². The molecule has 0 saturated carbocycles. The van der Waals surface area contributed by atoms with Gasteiger partial charge in [-0.2, -0.15) is 0 Å². The Hall–Kier alpha value is -2.98. The molecule has 0 radical (unpaired) electrons. The minimum absolute atomic E-state index is 0.0690. The maximum absolute atomic E-state index is 12.7. The van der Waals surface area contributed by atoms with Gasteiger partial charge < -0.3 is 14.2 Å². The standard InChI is InChI=1S/C35H45ClO4/c1-4-6-8-10-11-13-25-38-31-20-15-28(16-21-31)29-17-22-32(23-18-29)40-35(37)30-19-24-34(33(36)26-30)39-27(3)14-12-9-7-5-2/h15-24,26-27H,4-14,25H2,1-3H3. The Morgan fingerprint density at radius 3 is 1.93 bits per heavy atom. The third-order valence-corrected chi connectivity index (χ3v) is 7.27. The van der Waals surface area contributed by atoms with Gasteiger partial charge in [-0.3, -0.25) is 0 Å². The van der Waals surface area contributed by atoms with Crippen molar-refractivity contribution in [1.29, 1.82) is 0 Å². The SMILES string of the molecule is CCCCCCCCOc1ccc(-c2ccc(OC(=O)c3ccc(OC(C)CCCCCC)c(Cl)c3)cc2)cc1. The summed E-state index contributed by atoms with van der Waals surface area (Å²) >= 11 is 6.42. The summed E-state index contributed by atoms with van der Waals surface area (Å²) in [5, 5.41) is 0.407. The van der Waals surface area contributed by atoms with Crippen LogP contribution in [0.5, 0.6) is 17.2 Å². The molecule has 0 N–H and O–H groups in total. The summed E-state index contributed by atoms with van der Waals surface area (Å²) in [6.07, 6.45) is 13.4. The van der Waals surface area contributed by atoms with Crippen LogP contribution in [0.2, 0.25) is 5.02 Å². The summed E-state index contributed by atoms with van der Waals surface area (Å²) in [6.45, 7) is 7.24. The summed E-state index contributed by atoms with van der Waals surface area (Å²) in [4.78, 5) is 12.7. The first-order valence-corrected chi connectivity index (χ1v) is 15.4. The number of hydrogen-bond donors (Lipinski definition) is 0. The highest BCUT2D eigenvalue weighted by Gasteiger charge is 2.14. The molecular formula is C35H45ClO4. The molecule has 0 aliphatic carbocycles. The molecule has 0 saturated heterocycles. The van der Waals surface area contributed by atoms with Gasteiger partial charge in [0, 0.05) is 0 Å². The van der Waals surface area contributed by atoms with Crippen LogP contribution in [0.4, 0.5) is 0 Å². The van der Waals surface area contributed by atoms with Gasteiger partial charge in [0.15, 0.2) is 0 Å². The van der Waals surface area contributed by atoms with Gasteiger partial charge in [-0.25, -0.2) is 4.79 Å². The molecular weight excluding hydrogens is 520 g/mol. The van der Waals surface area contributed by atoms with Crippen LogP contribution in [0.3, 0.4) is 0 Å². The highest BCUT2D eigenvalue weighted by molar-refractivity contribution is 6.32. The van der Waals surface area contributed by atoms with Crippen molar-refractivity contribution in [3.63, 3.8) is 0 Å². The molecule has 0 bridgehead atoms. The molecule has 1 atom stereocenters. The van der Waals surface area contributed by atoms with Crippen molar-refractivity contribution >= 4 is 17.6 Å². The minimum Gasteiger partial charge on any atom is -0.494 e. The van der Waals surface area contributed by atoms with Crippen LogP contribution in [0.15, 0.2) is 66.7 Å². The molecule has 0 aliphatic rings. The van der Waals surface area contributed by atoms with E-state index in [0.29, 0.717) is 22.1 Å². The summed E-state index contributed by atoms with van der Waals surface area (Å²) in [7, 11) is 0. The van der Waals surface area contributed by atoms with Gasteiger partial charge in [0.25, 0.3) is 0 Å². The summed E-state index contributed by atoms with van der Waals surface area (Å²) in [5.41, 5.74) is 2.50. The number of unbranched alkanes of at least 4 members (excludes halogenated alkanes) is 8. The summed E-state index contributed by atoms with van der Waals surface area (Å²) < 4.78 is 17.5. The second-order valence-electron chi connectivity index (χ2n) is 10.5. The lowest BCUT2D eigenvalue weighted by molar-refractivity contribution is 0.0734. The molecule has 0 heterocycles. The summed E-state index contributed by atoms with van der Waals surface area (Å²) in [5.74, 6) is 1.49. The molecule has 0 spiro atoms. The number of benzene rings is 3. The van der Waals surface area contributed by atoms with Gasteiger partial charge in [-0.05, 0) is 79.8 Å². The Bertz CT molecular complexity index is 1140. The Morgan fingerprint density at radius 2 is 1.30 bits per heavy atom. The highest BCUT2D eigenvalue weighted by atomic mass is 35.5. The smallest absolute Gasteiger partial charge is 0.343 e. The monoisotopic (exact) mass is 564 g/mol. The molecule has 40 heavy (non-hydrogen) atoms. The van der Waals surface area contributed by atoms with E-state index < -0.39 is 5.97 Å². The normalized spacial score (nSPS) is 11.7. The first-order chi connectivity index (χ1) is 19.5. The van der Waals surface area contributed by atoms with Crippen molar-refractivity contribution in [3.8, 4) is 28.4 Å². The molecule has 0 aromatic heterocycles. The lowest BCUT2D eigenvalue weighted by atomic mass is 10.1. The predicted molar refractivity (Wildman–Crippen MR) is 166 cm³/mol. The molecule has 1 unspecified atom stereocenters. The van der Waals surface area contributed by atoms with E-state index in [9.17, 15) is 4.79 Å². The second-order valence-corrected chi connectivity index (χ2v) is 10.9. The zero-order valence-corrected chi connectivity index (χ0v) is 25.2. The van der Waals surface area contributed by atoms with E-state index in [1.54, 1.807) is 30.3 Å². The fourth-order valence-corrected chi connectivity index (χ4v) is 4.78. The molecule has 3 rings (SSSR count). The van der Waals surface area contributed by atoms with E-state index in [4.69, 9.17) is 25.8 Å². The van der Waals surface area contributed by atoms with E-state index in [2.05, 4.69) is 26.0 Å². The number of halogens is 1. The molecule has 3 aromatic carbocycles. The summed E-state index contributed by atoms with van der Waals surface area (Å²) in [6, 6.07) is 20.6. The van der Waals surface area contributed by atoms with E-state index in [1.807, 2.05) is 31.2 Å². The van der Waals surface area contributed by atoms with Crippen LogP contribution < -0.4 is 14.2 Å². The van der Waals surface area contributed by atoms with Crippen LogP contribution in [0.25, 0.3) is 11.1 Å². The average Bonchev–Trinajstić information content (AvgIpc) is 2.96. The van der Waals surface area contributed by atoms with Crippen LogP contribution in [0.1, 0.15) is 102 Å². The van der Waals surface area contributed by atoms with Crippen molar-refractivity contribution in [2.75, 3.05) is 6.61 Å². The Labute approximate surface area is 246 Å². The van der Waals surface area contributed by atoms with Crippen molar-refractivity contribution in [1.82, 2.24) is 0 Å². The topological polar surface area (TPSA) is 44.8 Å². The number of carbonyl (C=O) groups is 1. The van der Waals surface area contributed by atoms with E-state index >= 15 is 0 Å². The minimum atomic E-state index is -0.458. The van der Waals surface area contributed by atoms with Crippen LogP contribution in [0, 0.1) is 0 Å². The number of rotatable bonds is 18. The maximum Gasteiger partial charge on any atom is 0.343 e. The zero-order chi connectivity index (χ0) is 28.6. The number of esters is 1. The molecule has 0 aliphatic heterocycles. The Kier molecular flexibility index (Phi) is 13.9. The van der Waals surface area contributed by atoms with Gasteiger partial charge in [0.2, 0.25) is 0 Å². The highest BCUT2D eigenvalue weighted by Crippen LogP contribution is 2.29. The van der Waals surface area contributed by atoms with Crippen LogP contribution in [-0.4, -0.2) is 18.7 Å². The fraction of sp³-hybridized carbons (Fsp3) is 0.457. The maximum atomic E-state index is 12.7. The lowest BCUT2D eigenvalue weighted by Gasteiger charge is -2.16. The number of carbonyl (C=O) groups excluding carboxylic acids is 1. The molecule has 4 nitrogen and oxygen atoms in total. The number of ether oxygens (including phenoxy) is 3. The number of hydrogen-bond acceptors (Lipinski definition) is 4. The van der Waals surface area contributed by atoms with E-state index in [0.717, 1.165) is 42.7 Å². The van der Waals surface area contributed by atoms with Crippen molar-refractivity contribution in [2.45, 2.75) is 97.5 Å². The third-order valence-electron chi connectivity index (χ3n) is 6.98. The largest absolute Gasteiger partial charge is 0.494 e. The van der Waals surface area contributed by atoms with E-state index in [-0.39, 0.29) is 6.10 Å². The van der Waals surface area contributed by atoms with Crippen molar-refractivity contribution in [2.24, 2.45) is 0 Å². The van der Waals surface area contributed by atoms with Gasteiger partial charge in [0.05, 0.1) is 23.3 Å². The van der Waals surface area contributed by atoms with Crippen molar-refractivity contribution in [3.05, 3.63) is 77.3 Å². The lowest BCUT2D eigenvalue weighted by Crippen LogP contribution is -2.13. The van der Waals surface area contributed by atoms with Crippen molar-refractivity contribution < 1.29 is 19.0 Å². The van der Waals surface area contributed by atoms with Gasteiger partial charge in [0.1, 0.15) is 17.2 Å². The molecule has 0 fully saturated rings.